The molecule has 1 aliphatic rings. The van der Waals surface area contributed by atoms with Crippen LogP contribution in [0.15, 0.2) is 121 Å². The first-order chi connectivity index (χ1) is 37.4. The van der Waals surface area contributed by atoms with Gasteiger partial charge in [0.1, 0.15) is 18.7 Å². The SMILES string of the molecule is C\C=C/C(=C\C=C\COC(=O)Nc1cccc(C(C)(C)C(NC)C(=O)NC(C(=O)N(C)C/C=C(\C)C(=O)O)C(C)(C)C)c1)NC(=O)CNC(=O)C(NC(=O)CCCCC(=O)N1Cc2ccccc2/C=C\c2ccccc21)C(C)C. The topological polar surface area (TPSA) is 245 Å². The van der Waals surface area contributed by atoms with Gasteiger partial charge in [-0.25, -0.2) is 9.59 Å². The zero-order valence-corrected chi connectivity index (χ0v) is 47.5. The number of allylic oxidation sites excluding steroid dienone is 4. The van der Waals surface area contributed by atoms with Gasteiger partial charge in [-0.15, -0.1) is 0 Å². The van der Waals surface area contributed by atoms with Crippen LogP contribution in [0.1, 0.15) is 110 Å². The summed E-state index contributed by atoms with van der Waals surface area (Å²) in [5.74, 6) is -3.59. The lowest BCUT2D eigenvalue weighted by Crippen LogP contribution is -2.60. The minimum atomic E-state index is -1.09. The van der Waals surface area contributed by atoms with Crippen molar-refractivity contribution in [1.82, 2.24) is 31.5 Å². The molecule has 18 heteroatoms. The summed E-state index contributed by atoms with van der Waals surface area (Å²) >= 11 is 0. The van der Waals surface area contributed by atoms with Crippen molar-refractivity contribution < 1.29 is 48.2 Å². The maximum atomic E-state index is 14.0. The molecular formula is C61H80N8O10. The largest absolute Gasteiger partial charge is 0.478 e. The highest BCUT2D eigenvalue weighted by Gasteiger charge is 2.41. The Bertz CT molecular complexity index is 2820. The molecule has 0 aliphatic carbocycles. The quantitative estimate of drug-likeness (QED) is 0.0245. The molecule has 0 aromatic heterocycles. The van der Waals surface area contributed by atoms with Crippen LogP contribution >= 0.6 is 0 Å². The van der Waals surface area contributed by atoms with Gasteiger partial charge in [0.2, 0.25) is 35.4 Å². The number of rotatable bonds is 25. The third kappa shape index (κ3) is 19.4. The normalized spacial score (nSPS) is 14.4. The second kappa shape index (κ2) is 30.1. The highest BCUT2D eigenvalue weighted by Crippen LogP contribution is 2.32. The lowest BCUT2D eigenvalue weighted by Gasteiger charge is -2.38. The molecule has 0 bridgehead atoms. The summed E-state index contributed by atoms with van der Waals surface area (Å²) in [5, 5.41) is 26.1. The molecule has 3 atom stereocenters. The number of hydrogen-bond donors (Lipinski definition) is 7. The Hall–Kier alpha value is -8.12. The third-order valence-electron chi connectivity index (χ3n) is 13.4. The second-order valence-electron chi connectivity index (χ2n) is 21.3. The number of aliphatic carboxylic acids is 1. The van der Waals surface area contributed by atoms with Gasteiger partial charge in [0.05, 0.1) is 24.8 Å². The molecule has 0 saturated heterocycles. The van der Waals surface area contributed by atoms with Crippen LogP contribution in [0.3, 0.4) is 0 Å². The van der Waals surface area contributed by atoms with Gasteiger partial charge in [-0.3, -0.25) is 34.1 Å². The van der Waals surface area contributed by atoms with Crippen molar-refractivity contribution in [1.29, 1.82) is 0 Å². The van der Waals surface area contributed by atoms with Crippen LogP contribution < -0.4 is 36.8 Å². The van der Waals surface area contributed by atoms with Gasteiger partial charge in [-0.1, -0.05) is 133 Å². The number of amides is 7. The van der Waals surface area contributed by atoms with E-state index in [1.54, 1.807) is 88.3 Å². The molecule has 0 fully saturated rings. The minimum absolute atomic E-state index is 0.0445. The van der Waals surface area contributed by atoms with E-state index in [2.05, 4.69) is 38.0 Å². The van der Waals surface area contributed by atoms with E-state index in [1.165, 1.54) is 17.9 Å². The van der Waals surface area contributed by atoms with E-state index in [9.17, 15) is 43.5 Å². The lowest BCUT2D eigenvalue weighted by molar-refractivity contribution is -0.139. The van der Waals surface area contributed by atoms with Crippen LogP contribution in [-0.2, 0) is 50.3 Å². The van der Waals surface area contributed by atoms with Crippen LogP contribution in [0.2, 0.25) is 0 Å². The van der Waals surface area contributed by atoms with Crippen LogP contribution in [0.25, 0.3) is 12.2 Å². The number of carbonyl (C=O) groups is 8. The first-order valence-corrected chi connectivity index (χ1v) is 26.6. The molecule has 4 rings (SSSR count). The number of carboxylic acid groups (broad SMARTS) is 1. The average molecular weight is 1090 g/mol. The molecule has 7 amide bonds. The zero-order chi connectivity index (χ0) is 58.5. The number of nitrogens with one attached hydrogen (secondary N) is 6. The van der Waals surface area contributed by atoms with Crippen molar-refractivity contribution in [3.63, 3.8) is 0 Å². The molecule has 3 aromatic rings. The van der Waals surface area contributed by atoms with Crippen molar-refractivity contribution in [3.8, 4) is 0 Å². The molecule has 1 aliphatic heterocycles. The summed E-state index contributed by atoms with van der Waals surface area (Å²) in [6.45, 7) is 16.0. The van der Waals surface area contributed by atoms with Crippen LogP contribution in [0.5, 0.6) is 0 Å². The maximum absolute atomic E-state index is 14.0. The first kappa shape index (κ1) is 63.4. The lowest BCUT2D eigenvalue weighted by atomic mass is 9.76. The van der Waals surface area contributed by atoms with E-state index >= 15 is 0 Å². The van der Waals surface area contributed by atoms with Gasteiger partial charge in [0.25, 0.3) is 0 Å². The fourth-order valence-electron chi connectivity index (χ4n) is 8.69. The predicted molar refractivity (Wildman–Crippen MR) is 309 cm³/mol. The van der Waals surface area contributed by atoms with Gasteiger partial charge in [0, 0.05) is 48.8 Å². The average Bonchev–Trinajstić information content (AvgIpc) is 3.41. The summed E-state index contributed by atoms with van der Waals surface area (Å²) in [5.41, 5.74) is 3.91. The summed E-state index contributed by atoms with van der Waals surface area (Å²) < 4.78 is 5.37. The van der Waals surface area contributed by atoms with E-state index in [4.69, 9.17) is 4.74 Å². The van der Waals surface area contributed by atoms with Gasteiger partial charge in [0.15, 0.2) is 0 Å². The van der Waals surface area contributed by atoms with Crippen molar-refractivity contribution in [3.05, 3.63) is 143 Å². The number of likely N-dealkylation sites (N-methyl/N-ethyl adjacent to an activating group) is 2. The van der Waals surface area contributed by atoms with E-state index in [0.29, 0.717) is 36.3 Å². The fraction of sp³-hybridized carbons (Fsp3) is 0.410. The maximum Gasteiger partial charge on any atom is 0.411 e. The first-order valence-electron chi connectivity index (χ1n) is 26.6. The number of benzene rings is 3. The highest BCUT2D eigenvalue weighted by molar-refractivity contribution is 5.97. The predicted octanol–water partition coefficient (Wildman–Crippen LogP) is 7.79. The summed E-state index contributed by atoms with van der Waals surface area (Å²) in [4.78, 5) is 108. The van der Waals surface area contributed by atoms with E-state index in [0.717, 1.165) is 22.4 Å². The number of carboxylic acids is 1. The smallest absolute Gasteiger partial charge is 0.411 e. The molecule has 0 saturated carbocycles. The van der Waals surface area contributed by atoms with Gasteiger partial charge >= 0.3 is 12.1 Å². The van der Waals surface area contributed by atoms with Crippen LogP contribution in [0.4, 0.5) is 16.2 Å². The number of fused-ring (bicyclic) bond motifs is 2. The Morgan fingerprint density at radius 1 is 0.823 bits per heavy atom. The summed E-state index contributed by atoms with van der Waals surface area (Å²) in [6, 6.07) is 20.0. The van der Waals surface area contributed by atoms with E-state index in [1.807, 2.05) is 95.3 Å². The molecule has 7 N–H and O–H groups in total. The Labute approximate surface area is 465 Å². The monoisotopic (exact) mass is 1080 g/mol. The van der Waals surface area contributed by atoms with E-state index in [-0.39, 0.29) is 61.8 Å². The zero-order valence-electron chi connectivity index (χ0n) is 47.5. The molecule has 18 nitrogen and oxygen atoms in total. The van der Waals surface area contributed by atoms with Crippen LogP contribution in [-0.4, -0.2) is 109 Å². The third-order valence-corrected chi connectivity index (χ3v) is 13.4. The molecular weight excluding hydrogens is 1000 g/mol. The van der Waals surface area contributed by atoms with Crippen molar-refractivity contribution >= 4 is 71.0 Å². The molecule has 3 unspecified atom stereocenters. The molecule has 3 aromatic carbocycles. The Balaban J connectivity index is 1.24. The number of carbonyl (C=O) groups excluding carboxylic acids is 7. The van der Waals surface area contributed by atoms with Gasteiger partial charge < -0.3 is 46.2 Å². The molecule has 0 spiro atoms. The Morgan fingerprint density at radius 3 is 2.16 bits per heavy atom. The van der Waals surface area contributed by atoms with Crippen molar-refractivity contribution in [2.45, 2.75) is 118 Å². The Kier molecular flexibility index (Phi) is 24.2. The van der Waals surface area contributed by atoms with Gasteiger partial charge in [-0.05, 0) is 104 Å². The number of anilines is 2. The minimum Gasteiger partial charge on any atom is -0.478 e. The highest BCUT2D eigenvalue weighted by atomic mass is 16.5. The number of nitrogens with zero attached hydrogens (tertiary/aromatic N) is 2. The second-order valence-corrected chi connectivity index (χ2v) is 21.3. The molecule has 0 radical (unpaired) electrons. The number of unbranched alkanes of at least 4 members (excludes halogenated alkanes) is 1. The number of ether oxygens (including phenoxy) is 1. The summed E-state index contributed by atoms with van der Waals surface area (Å²) in [7, 11) is 3.19. The van der Waals surface area contributed by atoms with Crippen molar-refractivity contribution in [2.75, 3.05) is 44.0 Å². The molecule has 79 heavy (non-hydrogen) atoms. The Morgan fingerprint density at radius 2 is 1.49 bits per heavy atom. The number of para-hydroxylation sites is 1. The number of hydrogen-bond acceptors (Lipinski definition) is 10. The summed E-state index contributed by atoms with van der Waals surface area (Å²) in [6.07, 6.45) is 14.2. The van der Waals surface area contributed by atoms with Crippen LogP contribution in [0, 0.1) is 11.3 Å². The molecule has 1 heterocycles. The fourth-order valence-corrected chi connectivity index (χ4v) is 8.69. The van der Waals surface area contributed by atoms with E-state index < -0.39 is 58.7 Å². The standard InChI is InChI=1S/C61H80N8O10/c1-12-22-46(64-50(71)38-63-55(73)52(40(2)3)66-49(70)30-17-18-31-51(72)69-39-44-25-14-13-23-42(44)32-33-43-24-15-16-29-48(43)69)27-19-20-36-79-59(78)65-47-28-21-26-45(37-47)61(8,9)53(62-10)56(74)67-54(60(5,6)7)57(75)68(11)35-34-41(4)58(76)77/h12-16,19-29,32-34,37,40,52-54,62H,17-18,30-31,35-36,38-39H2,1-11H3,(H,63,73)(H,64,71)(H,65,78)(H,66,70)(H,67,74)(H,76,77)/b20-19+,22-12-,33-32-,41-34+,46-27+. The molecule has 424 valence electrons. The van der Waals surface area contributed by atoms with Crippen molar-refractivity contribution in [2.24, 2.45) is 11.3 Å². The van der Waals surface area contributed by atoms with Gasteiger partial charge in [-0.2, -0.15) is 0 Å².